The highest BCUT2D eigenvalue weighted by atomic mass is 16.5. The maximum atomic E-state index is 5.83. The van der Waals surface area contributed by atoms with Gasteiger partial charge in [-0.1, -0.05) is 6.07 Å². The van der Waals surface area contributed by atoms with Crippen LogP contribution in [0, 0.1) is 6.92 Å². The largest absolute Gasteiger partial charge is 0.438 e. The van der Waals surface area contributed by atoms with E-state index < -0.39 is 0 Å². The lowest BCUT2D eigenvalue weighted by molar-refractivity contribution is 0.458. The Bertz CT molecular complexity index is 758. The molecular formula is C15H14N4O. The van der Waals surface area contributed by atoms with Gasteiger partial charge in [0.25, 0.3) is 0 Å². The van der Waals surface area contributed by atoms with Crippen LogP contribution >= 0.6 is 0 Å². The SMILES string of the molecule is CNc1ncnc(Oc2ccc3cccnc3c2)c1C. The first kappa shape index (κ1) is 12.3. The summed E-state index contributed by atoms with van der Waals surface area (Å²) in [7, 11) is 1.82. The van der Waals surface area contributed by atoms with Crippen LogP contribution in [0.3, 0.4) is 0 Å². The molecule has 0 bridgehead atoms. The van der Waals surface area contributed by atoms with Crippen LogP contribution in [0.2, 0.25) is 0 Å². The zero-order chi connectivity index (χ0) is 13.9. The number of nitrogens with one attached hydrogen (secondary N) is 1. The van der Waals surface area contributed by atoms with Gasteiger partial charge in [0.05, 0.1) is 11.1 Å². The highest BCUT2D eigenvalue weighted by Crippen LogP contribution is 2.27. The van der Waals surface area contributed by atoms with E-state index in [1.54, 1.807) is 6.20 Å². The van der Waals surface area contributed by atoms with E-state index in [4.69, 9.17) is 4.74 Å². The molecule has 5 heteroatoms. The third-order valence-corrected chi connectivity index (χ3v) is 3.07. The summed E-state index contributed by atoms with van der Waals surface area (Å²) in [4.78, 5) is 12.6. The van der Waals surface area contributed by atoms with Crippen LogP contribution in [0.25, 0.3) is 10.9 Å². The van der Waals surface area contributed by atoms with E-state index in [1.807, 2.05) is 44.3 Å². The molecule has 0 aliphatic rings. The fraction of sp³-hybridized carbons (Fsp3) is 0.133. The highest BCUT2D eigenvalue weighted by molar-refractivity contribution is 5.79. The number of aromatic nitrogens is 3. The topological polar surface area (TPSA) is 59.9 Å². The smallest absolute Gasteiger partial charge is 0.227 e. The van der Waals surface area contributed by atoms with Gasteiger partial charge in [0.15, 0.2) is 0 Å². The number of ether oxygens (including phenoxy) is 1. The highest BCUT2D eigenvalue weighted by Gasteiger charge is 2.08. The van der Waals surface area contributed by atoms with Crippen LogP contribution < -0.4 is 10.1 Å². The summed E-state index contributed by atoms with van der Waals surface area (Å²) in [5.74, 6) is 2.01. The number of hydrogen-bond donors (Lipinski definition) is 1. The van der Waals surface area contributed by atoms with Crippen molar-refractivity contribution in [1.82, 2.24) is 15.0 Å². The zero-order valence-corrected chi connectivity index (χ0v) is 11.3. The minimum atomic E-state index is 0.541. The second kappa shape index (κ2) is 5.13. The van der Waals surface area contributed by atoms with Crippen LogP contribution in [0.15, 0.2) is 42.9 Å². The van der Waals surface area contributed by atoms with Gasteiger partial charge < -0.3 is 10.1 Å². The van der Waals surface area contributed by atoms with E-state index in [2.05, 4.69) is 20.3 Å². The number of fused-ring (bicyclic) bond motifs is 1. The Balaban J connectivity index is 1.97. The summed E-state index contributed by atoms with van der Waals surface area (Å²) in [6.07, 6.45) is 3.24. The third kappa shape index (κ3) is 2.25. The Morgan fingerprint density at radius 1 is 1.10 bits per heavy atom. The average Bonchev–Trinajstić information content (AvgIpc) is 2.49. The van der Waals surface area contributed by atoms with Crippen molar-refractivity contribution in [3.05, 3.63) is 48.4 Å². The Kier molecular flexibility index (Phi) is 3.16. The molecule has 0 radical (unpaired) electrons. The lowest BCUT2D eigenvalue weighted by Crippen LogP contribution is -1.99. The summed E-state index contributed by atoms with van der Waals surface area (Å²) in [6, 6.07) is 9.71. The normalized spacial score (nSPS) is 10.5. The molecule has 0 spiro atoms. The average molecular weight is 266 g/mol. The first-order valence-electron chi connectivity index (χ1n) is 6.30. The van der Waals surface area contributed by atoms with Gasteiger partial charge in [0.1, 0.15) is 17.9 Å². The predicted molar refractivity (Wildman–Crippen MR) is 78.1 cm³/mol. The van der Waals surface area contributed by atoms with E-state index >= 15 is 0 Å². The summed E-state index contributed by atoms with van der Waals surface area (Å²) in [6.45, 7) is 1.92. The molecule has 3 rings (SSSR count). The molecule has 1 aromatic carbocycles. The number of benzene rings is 1. The van der Waals surface area contributed by atoms with Crippen molar-refractivity contribution in [2.75, 3.05) is 12.4 Å². The molecule has 20 heavy (non-hydrogen) atoms. The molecule has 0 atom stereocenters. The molecule has 0 amide bonds. The van der Waals surface area contributed by atoms with E-state index in [1.165, 1.54) is 6.33 Å². The summed E-state index contributed by atoms with van der Waals surface area (Å²) < 4.78 is 5.83. The minimum absolute atomic E-state index is 0.541. The minimum Gasteiger partial charge on any atom is -0.438 e. The van der Waals surface area contributed by atoms with Crippen molar-refractivity contribution in [2.45, 2.75) is 6.92 Å². The van der Waals surface area contributed by atoms with Crippen LogP contribution in [0.1, 0.15) is 5.56 Å². The van der Waals surface area contributed by atoms with Crippen LogP contribution in [0.5, 0.6) is 11.6 Å². The molecule has 0 aliphatic carbocycles. The molecule has 0 saturated heterocycles. The van der Waals surface area contributed by atoms with Crippen molar-refractivity contribution < 1.29 is 4.74 Å². The summed E-state index contributed by atoms with van der Waals surface area (Å²) in [5, 5.41) is 4.09. The fourth-order valence-electron chi connectivity index (χ4n) is 2.01. The molecule has 2 heterocycles. The molecule has 100 valence electrons. The monoisotopic (exact) mass is 266 g/mol. The summed E-state index contributed by atoms with van der Waals surface area (Å²) >= 11 is 0. The van der Waals surface area contributed by atoms with Gasteiger partial charge >= 0.3 is 0 Å². The van der Waals surface area contributed by atoms with Crippen LogP contribution in [-0.4, -0.2) is 22.0 Å². The van der Waals surface area contributed by atoms with E-state index in [-0.39, 0.29) is 0 Å². The number of nitrogens with zero attached hydrogens (tertiary/aromatic N) is 3. The lowest BCUT2D eigenvalue weighted by atomic mass is 10.2. The quantitative estimate of drug-likeness (QED) is 0.789. The van der Waals surface area contributed by atoms with Gasteiger partial charge in [-0.2, -0.15) is 0 Å². The third-order valence-electron chi connectivity index (χ3n) is 3.07. The Morgan fingerprint density at radius 3 is 2.85 bits per heavy atom. The van der Waals surface area contributed by atoms with E-state index in [0.29, 0.717) is 11.6 Å². The maximum absolute atomic E-state index is 5.83. The fourth-order valence-corrected chi connectivity index (χ4v) is 2.01. The first-order valence-corrected chi connectivity index (χ1v) is 6.30. The number of hydrogen-bond acceptors (Lipinski definition) is 5. The Hall–Kier alpha value is -2.69. The van der Waals surface area contributed by atoms with Crippen molar-refractivity contribution in [1.29, 1.82) is 0 Å². The molecule has 0 aliphatic heterocycles. The van der Waals surface area contributed by atoms with E-state index in [9.17, 15) is 0 Å². The van der Waals surface area contributed by atoms with Gasteiger partial charge in [-0.15, -0.1) is 0 Å². The number of rotatable bonds is 3. The molecule has 1 N–H and O–H groups in total. The van der Waals surface area contributed by atoms with Crippen LogP contribution in [-0.2, 0) is 0 Å². The molecule has 0 unspecified atom stereocenters. The Labute approximate surface area is 116 Å². The van der Waals surface area contributed by atoms with Crippen molar-refractivity contribution in [2.24, 2.45) is 0 Å². The number of anilines is 1. The van der Waals surface area contributed by atoms with Gasteiger partial charge in [0, 0.05) is 24.7 Å². The second-order valence-corrected chi connectivity index (χ2v) is 4.36. The first-order chi connectivity index (χ1) is 9.78. The maximum Gasteiger partial charge on any atom is 0.227 e. The van der Waals surface area contributed by atoms with Crippen LogP contribution in [0.4, 0.5) is 5.82 Å². The molecular weight excluding hydrogens is 252 g/mol. The van der Waals surface area contributed by atoms with Gasteiger partial charge in [-0.25, -0.2) is 9.97 Å². The number of pyridine rings is 1. The molecule has 0 fully saturated rings. The van der Waals surface area contributed by atoms with E-state index in [0.717, 1.165) is 22.3 Å². The van der Waals surface area contributed by atoms with Gasteiger partial charge in [0.2, 0.25) is 5.88 Å². The summed E-state index contributed by atoms with van der Waals surface area (Å²) in [5.41, 5.74) is 1.77. The van der Waals surface area contributed by atoms with Gasteiger partial charge in [-0.05, 0) is 25.1 Å². The van der Waals surface area contributed by atoms with Crippen molar-refractivity contribution in [3.8, 4) is 11.6 Å². The Morgan fingerprint density at radius 2 is 2.00 bits per heavy atom. The zero-order valence-electron chi connectivity index (χ0n) is 11.3. The standard InChI is InChI=1S/C15H14N4O/c1-10-14(16-2)18-9-19-15(10)20-12-6-5-11-4-3-7-17-13(11)8-12/h3-9H,1-2H3,(H,16,18,19). The lowest BCUT2D eigenvalue weighted by Gasteiger charge is -2.10. The van der Waals surface area contributed by atoms with Crippen molar-refractivity contribution in [3.63, 3.8) is 0 Å². The molecule has 0 saturated carbocycles. The second-order valence-electron chi connectivity index (χ2n) is 4.36. The predicted octanol–water partition coefficient (Wildman–Crippen LogP) is 3.17. The molecule has 5 nitrogen and oxygen atoms in total. The molecule has 3 aromatic rings. The van der Waals surface area contributed by atoms with Crippen molar-refractivity contribution >= 4 is 16.7 Å². The van der Waals surface area contributed by atoms with Gasteiger partial charge in [-0.3, -0.25) is 4.98 Å². The molecule has 2 aromatic heterocycles.